The first-order valence-electron chi connectivity index (χ1n) is 5.16. The maximum absolute atomic E-state index is 11.4. The zero-order valence-corrected chi connectivity index (χ0v) is 11.3. The highest BCUT2D eigenvalue weighted by molar-refractivity contribution is 7.80. The highest BCUT2D eigenvalue weighted by atomic mass is 32.1. The van der Waals surface area contributed by atoms with E-state index in [1.54, 1.807) is 17.4 Å². The van der Waals surface area contributed by atoms with Crippen LogP contribution >= 0.6 is 23.6 Å². The maximum Gasteiger partial charge on any atom is 0.262 e. The standard InChI is InChI=1S/C11H15N3OS2/c1-8(2)12-11(16)14-13-10(15)6-5-9-4-3-7-17-9/h3-8H,1-2H3,(H,13,15)(H2,12,14,16)/b6-5+. The van der Waals surface area contributed by atoms with Gasteiger partial charge in [0.15, 0.2) is 5.11 Å². The van der Waals surface area contributed by atoms with Gasteiger partial charge in [-0.15, -0.1) is 11.3 Å². The molecule has 0 bridgehead atoms. The first kappa shape index (κ1) is 13.7. The summed E-state index contributed by atoms with van der Waals surface area (Å²) < 4.78 is 0. The SMILES string of the molecule is CC(C)NC(=S)NNC(=O)/C=C/c1cccs1. The molecule has 0 aliphatic heterocycles. The van der Waals surface area contributed by atoms with E-state index < -0.39 is 0 Å². The molecule has 1 rings (SSSR count). The Morgan fingerprint density at radius 2 is 2.24 bits per heavy atom. The van der Waals surface area contributed by atoms with E-state index in [2.05, 4.69) is 16.2 Å². The van der Waals surface area contributed by atoms with Gasteiger partial charge < -0.3 is 5.32 Å². The van der Waals surface area contributed by atoms with E-state index in [1.165, 1.54) is 6.08 Å². The molecule has 0 saturated heterocycles. The fraction of sp³-hybridized carbons (Fsp3) is 0.273. The van der Waals surface area contributed by atoms with Crippen molar-refractivity contribution in [2.24, 2.45) is 0 Å². The van der Waals surface area contributed by atoms with Crippen molar-refractivity contribution in [1.82, 2.24) is 16.2 Å². The van der Waals surface area contributed by atoms with Crippen molar-refractivity contribution in [2.75, 3.05) is 0 Å². The van der Waals surface area contributed by atoms with Gasteiger partial charge in [0.2, 0.25) is 0 Å². The van der Waals surface area contributed by atoms with Gasteiger partial charge in [-0.05, 0) is 43.6 Å². The first-order valence-corrected chi connectivity index (χ1v) is 6.45. The quantitative estimate of drug-likeness (QED) is 0.444. The summed E-state index contributed by atoms with van der Waals surface area (Å²) >= 11 is 6.53. The van der Waals surface area contributed by atoms with E-state index in [4.69, 9.17) is 12.2 Å². The average Bonchev–Trinajstić information content (AvgIpc) is 2.75. The van der Waals surface area contributed by atoms with E-state index in [-0.39, 0.29) is 11.9 Å². The molecular weight excluding hydrogens is 254 g/mol. The number of carbonyl (C=O) groups excluding carboxylic acids is 1. The molecule has 17 heavy (non-hydrogen) atoms. The molecular formula is C11H15N3OS2. The smallest absolute Gasteiger partial charge is 0.262 e. The third-order valence-corrected chi connectivity index (χ3v) is 2.72. The normalized spacial score (nSPS) is 10.5. The second-order valence-corrected chi connectivity index (χ2v) is 4.98. The molecule has 1 amide bonds. The number of thiophene rings is 1. The van der Waals surface area contributed by atoms with Crippen molar-refractivity contribution in [2.45, 2.75) is 19.9 Å². The van der Waals surface area contributed by atoms with Gasteiger partial charge >= 0.3 is 0 Å². The van der Waals surface area contributed by atoms with Crippen molar-refractivity contribution >= 4 is 40.7 Å². The number of rotatable bonds is 3. The summed E-state index contributed by atoms with van der Waals surface area (Å²) in [5.41, 5.74) is 5.09. The number of hydrogen-bond donors (Lipinski definition) is 3. The van der Waals surface area contributed by atoms with Crippen molar-refractivity contribution in [3.05, 3.63) is 28.5 Å². The molecule has 0 aliphatic carbocycles. The zero-order valence-electron chi connectivity index (χ0n) is 9.69. The van der Waals surface area contributed by atoms with Gasteiger partial charge in [-0.2, -0.15) is 0 Å². The van der Waals surface area contributed by atoms with Crippen molar-refractivity contribution in [1.29, 1.82) is 0 Å². The van der Waals surface area contributed by atoms with Crippen LogP contribution in [0.3, 0.4) is 0 Å². The van der Waals surface area contributed by atoms with Crippen LogP contribution in [0.1, 0.15) is 18.7 Å². The Hall–Kier alpha value is -1.40. The Bertz CT molecular complexity index is 399. The lowest BCUT2D eigenvalue weighted by Crippen LogP contribution is -2.48. The molecule has 6 heteroatoms. The summed E-state index contributed by atoms with van der Waals surface area (Å²) in [6.07, 6.45) is 3.21. The van der Waals surface area contributed by atoms with E-state index in [0.717, 1.165) is 4.88 Å². The van der Waals surface area contributed by atoms with Crippen LogP contribution in [0.15, 0.2) is 23.6 Å². The van der Waals surface area contributed by atoms with Gasteiger partial charge in [0.25, 0.3) is 5.91 Å². The fourth-order valence-corrected chi connectivity index (χ4v) is 1.91. The molecule has 0 radical (unpaired) electrons. The number of hydrogen-bond acceptors (Lipinski definition) is 3. The minimum absolute atomic E-state index is 0.230. The molecule has 3 N–H and O–H groups in total. The second-order valence-electron chi connectivity index (χ2n) is 3.59. The van der Waals surface area contributed by atoms with Crippen LogP contribution < -0.4 is 16.2 Å². The predicted molar refractivity (Wildman–Crippen MR) is 75.5 cm³/mol. The van der Waals surface area contributed by atoms with E-state index in [9.17, 15) is 4.79 Å². The van der Waals surface area contributed by atoms with Gasteiger partial charge in [-0.3, -0.25) is 15.6 Å². The van der Waals surface area contributed by atoms with Crippen LogP contribution in [-0.4, -0.2) is 17.1 Å². The third-order valence-electron chi connectivity index (χ3n) is 1.66. The summed E-state index contributed by atoms with van der Waals surface area (Å²) in [5.74, 6) is -0.244. The largest absolute Gasteiger partial charge is 0.359 e. The molecule has 1 aromatic rings. The zero-order chi connectivity index (χ0) is 12.7. The number of nitrogens with one attached hydrogen (secondary N) is 3. The minimum atomic E-state index is -0.244. The average molecular weight is 269 g/mol. The van der Waals surface area contributed by atoms with Crippen LogP contribution in [0.2, 0.25) is 0 Å². The first-order chi connectivity index (χ1) is 8.08. The Balaban J connectivity index is 2.28. The summed E-state index contributed by atoms with van der Waals surface area (Å²) in [7, 11) is 0. The molecule has 0 fully saturated rings. The molecule has 0 aromatic carbocycles. The van der Waals surface area contributed by atoms with Gasteiger partial charge in [-0.1, -0.05) is 6.07 Å². The number of carbonyl (C=O) groups is 1. The third kappa shape index (κ3) is 6.03. The van der Waals surface area contributed by atoms with E-state index in [0.29, 0.717) is 5.11 Å². The van der Waals surface area contributed by atoms with Gasteiger partial charge in [0.1, 0.15) is 0 Å². The predicted octanol–water partition coefficient (Wildman–Crippen LogP) is 1.66. The highest BCUT2D eigenvalue weighted by Gasteiger charge is 1.99. The lowest BCUT2D eigenvalue weighted by atomic mass is 10.4. The van der Waals surface area contributed by atoms with Crippen LogP contribution in [0.25, 0.3) is 6.08 Å². The van der Waals surface area contributed by atoms with Crippen molar-refractivity contribution < 1.29 is 4.79 Å². The Morgan fingerprint density at radius 3 is 2.82 bits per heavy atom. The molecule has 0 spiro atoms. The number of hydrazine groups is 1. The fourth-order valence-electron chi connectivity index (χ4n) is 1.00. The van der Waals surface area contributed by atoms with Crippen LogP contribution in [0, 0.1) is 0 Å². The Morgan fingerprint density at radius 1 is 1.47 bits per heavy atom. The second kappa shape index (κ2) is 7.03. The number of amides is 1. The summed E-state index contributed by atoms with van der Waals surface area (Å²) in [6.45, 7) is 3.93. The van der Waals surface area contributed by atoms with Gasteiger partial charge in [0.05, 0.1) is 0 Å². The van der Waals surface area contributed by atoms with Gasteiger partial charge in [-0.25, -0.2) is 0 Å². The van der Waals surface area contributed by atoms with E-state index in [1.807, 2.05) is 31.4 Å². The summed E-state index contributed by atoms with van der Waals surface area (Å²) in [4.78, 5) is 12.4. The molecule has 92 valence electrons. The molecule has 0 saturated carbocycles. The minimum Gasteiger partial charge on any atom is -0.359 e. The van der Waals surface area contributed by atoms with Crippen LogP contribution in [-0.2, 0) is 4.79 Å². The van der Waals surface area contributed by atoms with Crippen molar-refractivity contribution in [3.8, 4) is 0 Å². The van der Waals surface area contributed by atoms with Crippen molar-refractivity contribution in [3.63, 3.8) is 0 Å². The van der Waals surface area contributed by atoms with E-state index >= 15 is 0 Å². The highest BCUT2D eigenvalue weighted by Crippen LogP contribution is 2.09. The Labute approximate surface area is 110 Å². The van der Waals surface area contributed by atoms with Crippen LogP contribution in [0.5, 0.6) is 0 Å². The molecule has 1 aromatic heterocycles. The molecule has 0 atom stereocenters. The monoisotopic (exact) mass is 269 g/mol. The summed E-state index contributed by atoms with van der Waals surface area (Å²) in [5, 5.41) is 5.31. The van der Waals surface area contributed by atoms with Gasteiger partial charge in [0, 0.05) is 17.0 Å². The maximum atomic E-state index is 11.4. The molecule has 1 heterocycles. The lowest BCUT2D eigenvalue weighted by Gasteiger charge is -2.12. The topological polar surface area (TPSA) is 53.2 Å². The Kier molecular flexibility index (Phi) is 5.65. The molecule has 0 unspecified atom stereocenters. The molecule has 4 nitrogen and oxygen atoms in total. The lowest BCUT2D eigenvalue weighted by molar-refractivity contribution is -0.116. The number of thiocarbonyl (C=S) groups is 1. The summed E-state index contributed by atoms with van der Waals surface area (Å²) in [6, 6.07) is 4.10. The molecule has 0 aliphatic rings. The van der Waals surface area contributed by atoms with Crippen LogP contribution in [0.4, 0.5) is 0 Å².